The predicted octanol–water partition coefficient (Wildman–Crippen LogP) is 4.16. The SMILES string of the molecule is COc1cc2c(cc1OC)NC(=O)C(CCCN(C)CCc1ccccc1)CC2. The molecule has 0 aliphatic carbocycles. The van der Waals surface area contributed by atoms with Gasteiger partial charge in [0.1, 0.15) is 0 Å². The summed E-state index contributed by atoms with van der Waals surface area (Å²) in [4.78, 5) is 15.1. The Morgan fingerprint density at radius 2 is 1.79 bits per heavy atom. The summed E-state index contributed by atoms with van der Waals surface area (Å²) < 4.78 is 10.8. The molecule has 1 aliphatic rings. The zero-order chi connectivity index (χ0) is 20.6. The molecule has 2 aromatic carbocycles. The molecule has 0 saturated heterocycles. The number of nitrogens with one attached hydrogen (secondary N) is 1. The number of hydrogen-bond acceptors (Lipinski definition) is 4. The van der Waals surface area contributed by atoms with Gasteiger partial charge in [-0.15, -0.1) is 0 Å². The highest BCUT2D eigenvalue weighted by molar-refractivity contribution is 5.94. The maximum atomic E-state index is 12.7. The fourth-order valence-corrected chi connectivity index (χ4v) is 3.90. The van der Waals surface area contributed by atoms with E-state index in [1.807, 2.05) is 12.1 Å². The number of amides is 1. The fourth-order valence-electron chi connectivity index (χ4n) is 3.90. The maximum Gasteiger partial charge on any atom is 0.227 e. The first-order valence-corrected chi connectivity index (χ1v) is 10.4. The minimum absolute atomic E-state index is 0.0434. The Labute approximate surface area is 174 Å². The highest BCUT2D eigenvalue weighted by Gasteiger charge is 2.24. The summed E-state index contributed by atoms with van der Waals surface area (Å²) >= 11 is 0. The Morgan fingerprint density at radius 3 is 2.52 bits per heavy atom. The summed E-state index contributed by atoms with van der Waals surface area (Å²) in [5.41, 5.74) is 3.32. The quantitative estimate of drug-likeness (QED) is 0.692. The molecule has 0 aromatic heterocycles. The Hall–Kier alpha value is -2.53. The van der Waals surface area contributed by atoms with Gasteiger partial charge in [-0.2, -0.15) is 0 Å². The van der Waals surface area contributed by atoms with Crippen LogP contribution in [-0.2, 0) is 17.6 Å². The van der Waals surface area contributed by atoms with Gasteiger partial charge >= 0.3 is 0 Å². The third-order valence-electron chi connectivity index (χ3n) is 5.72. The van der Waals surface area contributed by atoms with Crippen LogP contribution in [0, 0.1) is 5.92 Å². The first-order chi connectivity index (χ1) is 14.1. The number of benzene rings is 2. The Morgan fingerprint density at radius 1 is 1.07 bits per heavy atom. The van der Waals surface area contributed by atoms with Crippen LogP contribution in [0.25, 0.3) is 0 Å². The number of ether oxygens (including phenoxy) is 2. The monoisotopic (exact) mass is 396 g/mol. The van der Waals surface area contributed by atoms with E-state index in [9.17, 15) is 4.79 Å². The summed E-state index contributed by atoms with van der Waals surface area (Å²) in [6.45, 7) is 2.04. The predicted molar refractivity (Wildman–Crippen MR) is 117 cm³/mol. The molecule has 1 N–H and O–H groups in total. The van der Waals surface area contributed by atoms with Crippen molar-refractivity contribution in [2.24, 2.45) is 5.92 Å². The van der Waals surface area contributed by atoms with Crippen LogP contribution in [0.4, 0.5) is 5.69 Å². The summed E-state index contributed by atoms with van der Waals surface area (Å²) in [6, 6.07) is 14.4. The molecule has 2 aromatic rings. The fraction of sp³-hybridized carbons (Fsp3) is 0.458. The number of carbonyl (C=O) groups is 1. The molecule has 5 heteroatoms. The van der Waals surface area contributed by atoms with Crippen LogP contribution in [0.5, 0.6) is 11.5 Å². The second-order valence-corrected chi connectivity index (χ2v) is 7.77. The molecule has 0 radical (unpaired) electrons. The third kappa shape index (κ3) is 5.73. The minimum atomic E-state index is 0.0434. The van der Waals surface area contributed by atoms with Crippen LogP contribution in [0.2, 0.25) is 0 Å². The summed E-state index contributed by atoms with van der Waals surface area (Å²) in [6.07, 6.45) is 4.71. The van der Waals surface area contributed by atoms with Gasteiger partial charge in [0.05, 0.1) is 14.2 Å². The van der Waals surface area contributed by atoms with Gasteiger partial charge < -0.3 is 19.7 Å². The average molecular weight is 397 g/mol. The van der Waals surface area contributed by atoms with Crippen molar-refractivity contribution in [2.45, 2.75) is 32.1 Å². The lowest BCUT2D eigenvalue weighted by Gasteiger charge is -2.18. The van der Waals surface area contributed by atoms with Gasteiger partial charge in [0, 0.05) is 24.2 Å². The molecular weight excluding hydrogens is 364 g/mol. The van der Waals surface area contributed by atoms with Crippen molar-refractivity contribution in [3.63, 3.8) is 0 Å². The first kappa shape index (κ1) is 21.2. The molecule has 0 fully saturated rings. The zero-order valence-electron chi connectivity index (χ0n) is 17.7. The van der Waals surface area contributed by atoms with Gasteiger partial charge in [-0.25, -0.2) is 0 Å². The average Bonchev–Trinajstić information content (AvgIpc) is 2.90. The van der Waals surface area contributed by atoms with E-state index >= 15 is 0 Å². The molecule has 29 heavy (non-hydrogen) atoms. The highest BCUT2D eigenvalue weighted by atomic mass is 16.5. The Kier molecular flexibility index (Phi) is 7.53. The van der Waals surface area contributed by atoms with Crippen molar-refractivity contribution in [3.05, 3.63) is 53.6 Å². The van der Waals surface area contributed by atoms with Crippen molar-refractivity contribution in [1.29, 1.82) is 0 Å². The van der Waals surface area contributed by atoms with Crippen LogP contribution in [0.1, 0.15) is 30.4 Å². The number of hydrogen-bond donors (Lipinski definition) is 1. The van der Waals surface area contributed by atoms with E-state index in [2.05, 4.69) is 47.6 Å². The van der Waals surface area contributed by atoms with Gasteiger partial charge in [0.2, 0.25) is 5.91 Å². The van der Waals surface area contributed by atoms with E-state index in [0.29, 0.717) is 11.5 Å². The topological polar surface area (TPSA) is 50.8 Å². The van der Waals surface area contributed by atoms with Crippen LogP contribution >= 0.6 is 0 Å². The molecule has 5 nitrogen and oxygen atoms in total. The van der Waals surface area contributed by atoms with E-state index in [-0.39, 0.29) is 11.8 Å². The highest BCUT2D eigenvalue weighted by Crippen LogP contribution is 2.36. The van der Waals surface area contributed by atoms with Crippen LogP contribution in [-0.4, -0.2) is 45.2 Å². The zero-order valence-corrected chi connectivity index (χ0v) is 17.7. The molecule has 1 amide bonds. The second-order valence-electron chi connectivity index (χ2n) is 7.77. The number of methoxy groups -OCH3 is 2. The lowest BCUT2D eigenvalue weighted by atomic mass is 9.95. The van der Waals surface area contributed by atoms with Crippen molar-refractivity contribution in [1.82, 2.24) is 4.90 Å². The van der Waals surface area contributed by atoms with Gasteiger partial charge in [-0.1, -0.05) is 30.3 Å². The molecule has 3 rings (SSSR count). The lowest BCUT2D eigenvalue weighted by Crippen LogP contribution is -2.25. The number of likely N-dealkylation sites (N-methyl/N-ethyl adjacent to an activating group) is 1. The largest absolute Gasteiger partial charge is 0.493 e. The van der Waals surface area contributed by atoms with E-state index < -0.39 is 0 Å². The molecule has 0 saturated carbocycles. The number of anilines is 1. The maximum absolute atomic E-state index is 12.7. The smallest absolute Gasteiger partial charge is 0.227 e. The Bertz CT molecular complexity index is 807. The van der Waals surface area contributed by atoms with Crippen LogP contribution < -0.4 is 14.8 Å². The summed E-state index contributed by atoms with van der Waals surface area (Å²) in [7, 11) is 5.40. The molecule has 1 unspecified atom stereocenters. The van der Waals surface area contributed by atoms with Crippen molar-refractivity contribution >= 4 is 11.6 Å². The number of fused-ring (bicyclic) bond motifs is 1. The number of carbonyl (C=O) groups excluding carboxylic acids is 1. The molecule has 1 heterocycles. The van der Waals surface area contributed by atoms with E-state index in [1.165, 1.54) is 5.56 Å². The molecule has 0 spiro atoms. The van der Waals surface area contributed by atoms with Crippen LogP contribution in [0.15, 0.2) is 42.5 Å². The van der Waals surface area contributed by atoms with E-state index in [1.54, 1.807) is 14.2 Å². The minimum Gasteiger partial charge on any atom is -0.493 e. The standard InChI is InChI=1S/C24H32N2O3/c1-26(15-13-18-8-5-4-6-9-18)14-7-10-19-11-12-20-16-22(28-2)23(29-3)17-21(20)25-24(19)27/h4-6,8-9,16-17,19H,7,10-15H2,1-3H3,(H,25,27). The van der Waals surface area contributed by atoms with Crippen molar-refractivity contribution in [2.75, 3.05) is 39.7 Å². The van der Waals surface area contributed by atoms with Gasteiger partial charge in [0.15, 0.2) is 11.5 Å². The Balaban J connectivity index is 1.49. The lowest BCUT2D eigenvalue weighted by molar-refractivity contribution is -0.120. The van der Waals surface area contributed by atoms with Gasteiger partial charge in [0.25, 0.3) is 0 Å². The number of nitrogens with zero attached hydrogens (tertiary/aromatic N) is 1. The van der Waals surface area contributed by atoms with Crippen LogP contribution in [0.3, 0.4) is 0 Å². The molecule has 0 bridgehead atoms. The van der Waals surface area contributed by atoms with E-state index in [4.69, 9.17) is 9.47 Å². The molecule has 1 aliphatic heterocycles. The molecular formula is C24H32N2O3. The molecule has 156 valence electrons. The van der Waals surface area contributed by atoms with Gasteiger partial charge in [-0.3, -0.25) is 4.79 Å². The van der Waals surface area contributed by atoms with Crippen molar-refractivity contribution < 1.29 is 14.3 Å². The van der Waals surface area contributed by atoms with Crippen molar-refractivity contribution in [3.8, 4) is 11.5 Å². The van der Waals surface area contributed by atoms with Gasteiger partial charge in [-0.05, 0) is 62.9 Å². The number of rotatable bonds is 9. The summed E-state index contributed by atoms with van der Waals surface area (Å²) in [5, 5.41) is 3.10. The van der Waals surface area contributed by atoms with E-state index in [0.717, 1.165) is 56.4 Å². The second kappa shape index (κ2) is 10.3. The normalized spacial score (nSPS) is 16.1. The summed E-state index contributed by atoms with van der Waals surface area (Å²) in [5.74, 6) is 1.51. The molecule has 1 atom stereocenters. The number of aryl methyl sites for hydroxylation is 1. The third-order valence-corrected chi connectivity index (χ3v) is 5.72. The first-order valence-electron chi connectivity index (χ1n) is 10.4.